The number of aryl methyl sites for hydroxylation is 2. The van der Waals surface area contributed by atoms with Gasteiger partial charge in [-0.05, 0) is 61.0 Å². The molecule has 0 saturated carbocycles. The van der Waals surface area contributed by atoms with Gasteiger partial charge in [0.1, 0.15) is 10.7 Å². The van der Waals surface area contributed by atoms with Crippen LogP contribution in [0.2, 0.25) is 0 Å². The quantitative estimate of drug-likeness (QED) is 0.629. The van der Waals surface area contributed by atoms with Crippen LogP contribution in [0.15, 0.2) is 36.4 Å². The fourth-order valence-corrected chi connectivity index (χ4v) is 4.32. The Hall–Kier alpha value is -2.84. The van der Waals surface area contributed by atoms with E-state index in [4.69, 9.17) is 27.4 Å². The minimum Gasteiger partial charge on any atom is -0.454 e. The van der Waals surface area contributed by atoms with E-state index in [9.17, 15) is 4.79 Å². The second-order valence-electron chi connectivity index (χ2n) is 6.58. The Morgan fingerprint density at radius 1 is 1.21 bits per heavy atom. The monoisotopic (exact) mass is 413 g/mol. The van der Waals surface area contributed by atoms with E-state index in [0.717, 1.165) is 22.4 Å². The van der Waals surface area contributed by atoms with E-state index in [1.807, 2.05) is 50.2 Å². The summed E-state index contributed by atoms with van der Waals surface area (Å²) < 4.78 is 13.0. The molecule has 3 N–H and O–H groups in total. The summed E-state index contributed by atoms with van der Waals surface area (Å²) in [7, 11) is 0. The second kappa shape index (κ2) is 7.29. The van der Waals surface area contributed by atoms with Gasteiger partial charge in [-0.15, -0.1) is 0 Å². The second-order valence-corrected chi connectivity index (χ2v) is 8.22. The van der Waals surface area contributed by atoms with Crippen LogP contribution in [-0.2, 0) is 6.54 Å². The normalized spacial score (nSPS) is 12.2. The zero-order valence-corrected chi connectivity index (χ0v) is 17.1. The van der Waals surface area contributed by atoms with Crippen LogP contribution < -0.4 is 20.5 Å². The number of ether oxygens (including phenoxy) is 2. The van der Waals surface area contributed by atoms with Crippen LogP contribution in [-0.4, -0.2) is 17.3 Å². The van der Waals surface area contributed by atoms with Crippen molar-refractivity contribution in [2.45, 2.75) is 20.4 Å². The Balaban J connectivity index is 1.57. The summed E-state index contributed by atoms with van der Waals surface area (Å²) in [5.74, 6) is 1.49. The minimum atomic E-state index is -0.254. The first kappa shape index (κ1) is 18.5. The number of fused-ring (bicyclic) bond motifs is 1. The molecule has 4 rings (SSSR count). The van der Waals surface area contributed by atoms with Crippen LogP contribution in [0.4, 0.5) is 5.82 Å². The number of nitrogen functional groups attached to an aromatic ring is 1. The first-order valence-electron chi connectivity index (χ1n) is 8.69. The number of nitrogens with one attached hydrogen (secondary N) is 1. The van der Waals surface area contributed by atoms with Crippen LogP contribution in [0.25, 0.3) is 5.69 Å². The molecule has 144 valence electrons. The molecule has 0 spiro atoms. The van der Waals surface area contributed by atoms with Gasteiger partial charge in [0.15, 0.2) is 15.5 Å². The molecule has 0 radical (unpaired) electrons. The van der Waals surface area contributed by atoms with E-state index in [0.29, 0.717) is 32.7 Å². The minimum absolute atomic E-state index is 0.219. The van der Waals surface area contributed by atoms with E-state index in [-0.39, 0.29) is 12.7 Å². The van der Waals surface area contributed by atoms with Crippen LogP contribution in [0.5, 0.6) is 11.5 Å². The molecule has 0 fully saturated rings. The standard InChI is InChI=1S/C20H19N3O3S2/c1-11-3-4-12(2)14(7-11)23-18(21)17(28-20(23)27)19(24)22-9-13-5-6-15-16(8-13)26-10-25-15/h3-8H,9-10,21H2,1-2H3,(H,22,24). The number of hydrogen-bond donors (Lipinski definition) is 2. The van der Waals surface area contributed by atoms with Gasteiger partial charge in [-0.25, -0.2) is 0 Å². The lowest BCUT2D eigenvalue weighted by Crippen LogP contribution is -2.23. The Labute approximate surface area is 171 Å². The first-order valence-corrected chi connectivity index (χ1v) is 9.92. The van der Waals surface area contributed by atoms with Gasteiger partial charge in [-0.2, -0.15) is 0 Å². The number of hydrogen-bond acceptors (Lipinski definition) is 6. The molecule has 6 nitrogen and oxygen atoms in total. The number of amides is 1. The molecule has 0 aliphatic carbocycles. The molecule has 1 aliphatic rings. The number of nitrogens with zero attached hydrogens (tertiary/aromatic N) is 1. The maximum absolute atomic E-state index is 12.7. The van der Waals surface area contributed by atoms with E-state index >= 15 is 0 Å². The lowest BCUT2D eigenvalue weighted by Gasteiger charge is -2.11. The van der Waals surface area contributed by atoms with Gasteiger partial charge in [0.05, 0.1) is 5.69 Å². The van der Waals surface area contributed by atoms with Gasteiger partial charge in [-0.1, -0.05) is 29.5 Å². The molecule has 8 heteroatoms. The third-order valence-electron chi connectivity index (χ3n) is 4.55. The number of anilines is 1. The molecule has 1 amide bonds. The third kappa shape index (κ3) is 3.36. The van der Waals surface area contributed by atoms with Crippen LogP contribution in [0, 0.1) is 17.8 Å². The summed E-state index contributed by atoms with van der Waals surface area (Å²) in [5.41, 5.74) is 10.3. The Kier molecular flexibility index (Phi) is 4.82. The molecule has 0 bridgehead atoms. The lowest BCUT2D eigenvalue weighted by atomic mass is 10.1. The van der Waals surface area contributed by atoms with E-state index in [1.165, 1.54) is 11.3 Å². The van der Waals surface area contributed by atoms with E-state index in [1.54, 1.807) is 4.57 Å². The number of thiazole rings is 1. The van der Waals surface area contributed by atoms with Gasteiger partial charge in [-0.3, -0.25) is 9.36 Å². The topological polar surface area (TPSA) is 78.5 Å². The average Bonchev–Trinajstić information content (AvgIpc) is 3.25. The maximum Gasteiger partial charge on any atom is 0.265 e. The number of carbonyl (C=O) groups excluding carboxylic acids is 1. The van der Waals surface area contributed by atoms with Gasteiger partial charge < -0.3 is 20.5 Å². The predicted octanol–water partition coefficient (Wildman–Crippen LogP) is 4.13. The van der Waals surface area contributed by atoms with Crippen molar-refractivity contribution in [3.63, 3.8) is 0 Å². The predicted molar refractivity (Wildman–Crippen MR) is 112 cm³/mol. The number of rotatable bonds is 4. The van der Waals surface area contributed by atoms with Crippen molar-refractivity contribution < 1.29 is 14.3 Å². The highest BCUT2D eigenvalue weighted by atomic mass is 32.1. The van der Waals surface area contributed by atoms with E-state index < -0.39 is 0 Å². The van der Waals surface area contributed by atoms with Crippen molar-refractivity contribution in [3.8, 4) is 17.2 Å². The highest BCUT2D eigenvalue weighted by molar-refractivity contribution is 7.73. The summed E-state index contributed by atoms with van der Waals surface area (Å²) in [6.45, 7) is 4.57. The molecule has 28 heavy (non-hydrogen) atoms. The van der Waals surface area contributed by atoms with Crippen LogP contribution in [0.1, 0.15) is 26.4 Å². The van der Waals surface area contributed by atoms with Gasteiger partial charge in [0.25, 0.3) is 5.91 Å². The van der Waals surface area contributed by atoms with Gasteiger partial charge in [0, 0.05) is 6.54 Å². The molecular formula is C20H19N3O3S2. The third-order valence-corrected chi connectivity index (χ3v) is 5.94. The van der Waals surface area contributed by atoms with E-state index in [2.05, 4.69) is 5.32 Å². The fourth-order valence-electron chi connectivity index (χ4n) is 3.05. The lowest BCUT2D eigenvalue weighted by molar-refractivity contribution is 0.0955. The van der Waals surface area contributed by atoms with Crippen molar-refractivity contribution in [1.29, 1.82) is 0 Å². The summed E-state index contributed by atoms with van der Waals surface area (Å²) in [6, 6.07) is 11.6. The molecule has 2 aromatic carbocycles. The molecule has 1 aliphatic heterocycles. The largest absolute Gasteiger partial charge is 0.454 e. The molecule has 1 aromatic heterocycles. The first-order chi connectivity index (χ1) is 13.4. The highest BCUT2D eigenvalue weighted by Gasteiger charge is 2.19. The summed E-state index contributed by atoms with van der Waals surface area (Å²) in [5, 5.41) is 2.90. The number of aromatic nitrogens is 1. The number of nitrogens with two attached hydrogens (primary N) is 1. The van der Waals surface area contributed by atoms with Crippen molar-refractivity contribution in [3.05, 3.63) is 61.9 Å². The zero-order chi connectivity index (χ0) is 19.8. The van der Waals surface area contributed by atoms with Crippen LogP contribution in [0.3, 0.4) is 0 Å². The summed E-state index contributed by atoms with van der Waals surface area (Å²) >= 11 is 6.70. The molecule has 3 aromatic rings. The highest BCUT2D eigenvalue weighted by Crippen LogP contribution is 2.32. The SMILES string of the molecule is Cc1ccc(C)c(-n2c(N)c(C(=O)NCc3ccc4c(c3)OCO4)sc2=S)c1. The molecular weight excluding hydrogens is 394 g/mol. The molecule has 0 unspecified atom stereocenters. The molecule has 0 saturated heterocycles. The van der Waals surface area contributed by atoms with Crippen molar-refractivity contribution >= 4 is 35.3 Å². The molecule has 0 atom stereocenters. The smallest absolute Gasteiger partial charge is 0.265 e. The van der Waals surface area contributed by atoms with Crippen molar-refractivity contribution in [2.24, 2.45) is 0 Å². The summed E-state index contributed by atoms with van der Waals surface area (Å²) in [6.07, 6.45) is 0. The van der Waals surface area contributed by atoms with Crippen molar-refractivity contribution in [2.75, 3.05) is 12.5 Å². The number of benzene rings is 2. The molecule has 2 heterocycles. The Morgan fingerprint density at radius 2 is 2.00 bits per heavy atom. The van der Waals surface area contributed by atoms with Crippen LogP contribution >= 0.6 is 23.6 Å². The number of carbonyl (C=O) groups is 1. The Bertz CT molecular complexity index is 1130. The van der Waals surface area contributed by atoms with Crippen molar-refractivity contribution in [1.82, 2.24) is 9.88 Å². The maximum atomic E-state index is 12.7. The summed E-state index contributed by atoms with van der Waals surface area (Å²) in [4.78, 5) is 13.1. The Morgan fingerprint density at radius 3 is 2.82 bits per heavy atom. The van der Waals surface area contributed by atoms with Gasteiger partial charge in [0.2, 0.25) is 6.79 Å². The average molecular weight is 414 g/mol. The van der Waals surface area contributed by atoms with Gasteiger partial charge >= 0.3 is 0 Å². The fraction of sp³-hybridized carbons (Fsp3) is 0.200. The zero-order valence-electron chi connectivity index (χ0n) is 15.4.